The van der Waals surface area contributed by atoms with Gasteiger partial charge in [0.2, 0.25) is 5.91 Å². The van der Waals surface area contributed by atoms with Gasteiger partial charge in [0.15, 0.2) is 0 Å². The van der Waals surface area contributed by atoms with Crippen LogP contribution in [-0.2, 0) is 14.3 Å². The number of hydrogen-bond donors (Lipinski definition) is 3. The minimum absolute atomic E-state index is 0.00821. The molecule has 0 spiro atoms. The van der Waals surface area contributed by atoms with Crippen LogP contribution in [0.2, 0.25) is 0 Å². The van der Waals surface area contributed by atoms with E-state index in [0.717, 1.165) is 17.5 Å². The average Bonchev–Trinajstić information content (AvgIpc) is 3.15. The van der Waals surface area contributed by atoms with Crippen LogP contribution in [0.5, 0.6) is 0 Å². The zero-order valence-corrected chi connectivity index (χ0v) is 20.8. The van der Waals surface area contributed by atoms with Crippen molar-refractivity contribution < 1.29 is 24.2 Å². The van der Waals surface area contributed by atoms with Crippen LogP contribution in [0.3, 0.4) is 0 Å². The number of alkyl carbamates (subject to hydrolysis) is 1. The Balaban J connectivity index is 1.52. The van der Waals surface area contributed by atoms with Gasteiger partial charge in [0.1, 0.15) is 6.61 Å². The monoisotopic (exact) mass is 480 g/mol. The van der Waals surface area contributed by atoms with Gasteiger partial charge in [-0.1, -0.05) is 69.3 Å². The predicted octanol–water partition coefficient (Wildman–Crippen LogP) is 4.80. The lowest BCUT2D eigenvalue weighted by Gasteiger charge is -2.20. The van der Waals surface area contributed by atoms with Crippen molar-refractivity contribution in [2.45, 2.75) is 46.0 Å². The summed E-state index contributed by atoms with van der Waals surface area (Å²) in [5.74, 6) is -1.44. The van der Waals surface area contributed by atoms with Crippen molar-refractivity contribution in [3.05, 3.63) is 59.7 Å². The molecule has 1 aliphatic carbocycles. The van der Waals surface area contributed by atoms with Gasteiger partial charge in [0, 0.05) is 25.4 Å². The summed E-state index contributed by atoms with van der Waals surface area (Å²) in [5.41, 5.74) is 4.66. The number of carboxylic acid groups (broad SMARTS) is 1. The molecule has 7 nitrogen and oxygen atoms in total. The van der Waals surface area contributed by atoms with Gasteiger partial charge in [-0.2, -0.15) is 0 Å². The van der Waals surface area contributed by atoms with E-state index in [1.54, 1.807) is 6.92 Å². The number of carbonyl (C=O) groups excluding carboxylic acids is 2. The molecule has 188 valence electrons. The summed E-state index contributed by atoms with van der Waals surface area (Å²) in [5, 5.41) is 14.7. The lowest BCUT2D eigenvalue weighted by molar-refractivity contribution is -0.141. The van der Waals surface area contributed by atoms with Crippen molar-refractivity contribution in [2.75, 3.05) is 19.7 Å². The van der Waals surface area contributed by atoms with Gasteiger partial charge >= 0.3 is 12.1 Å². The average molecular weight is 481 g/mol. The SMILES string of the molecule is CCC(CNC(=O)CC(CNC(=O)OCC1c2ccccc2-c2ccccc21)CC(C)C)C(=O)O. The first-order chi connectivity index (χ1) is 16.8. The molecule has 35 heavy (non-hydrogen) atoms. The number of aliphatic carboxylic acids is 1. The molecule has 0 saturated carbocycles. The molecule has 2 unspecified atom stereocenters. The van der Waals surface area contributed by atoms with Gasteiger partial charge < -0.3 is 20.5 Å². The number of hydrogen-bond acceptors (Lipinski definition) is 4. The molecule has 0 fully saturated rings. The Morgan fingerprint density at radius 3 is 2.09 bits per heavy atom. The maximum atomic E-state index is 12.5. The van der Waals surface area contributed by atoms with E-state index in [4.69, 9.17) is 9.84 Å². The number of nitrogens with one attached hydrogen (secondary N) is 2. The molecule has 0 aromatic heterocycles. The van der Waals surface area contributed by atoms with E-state index in [2.05, 4.69) is 48.7 Å². The second-order valence-electron chi connectivity index (χ2n) is 9.65. The van der Waals surface area contributed by atoms with Gasteiger partial charge in [-0.25, -0.2) is 4.79 Å². The zero-order valence-electron chi connectivity index (χ0n) is 20.8. The van der Waals surface area contributed by atoms with E-state index in [9.17, 15) is 14.4 Å². The second-order valence-corrected chi connectivity index (χ2v) is 9.65. The van der Waals surface area contributed by atoms with Gasteiger partial charge in [0.25, 0.3) is 0 Å². The fourth-order valence-electron chi connectivity index (χ4n) is 4.76. The van der Waals surface area contributed by atoms with E-state index < -0.39 is 18.0 Å². The Hall–Kier alpha value is -3.35. The molecule has 0 heterocycles. The molecule has 7 heteroatoms. The second kappa shape index (κ2) is 12.4. The van der Waals surface area contributed by atoms with Crippen LogP contribution in [0.1, 0.15) is 57.1 Å². The van der Waals surface area contributed by atoms with Gasteiger partial charge in [-0.15, -0.1) is 0 Å². The Morgan fingerprint density at radius 1 is 0.943 bits per heavy atom. The standard InChI is InChI=1S/C28H36N2O5/c1-4-20(27(32)33)16-29-26(31)14-19(13-18(2)3)15-30-28(34)35-17-25-23-11-7-5-9-21(23)22-10-6-8-12-24(22)25/h5-12,18-20,25H,4,13-17H2,1-3H3,(H,29,31)(H,30,34)(H,32,33). The molecule has 2 amide bonds. The molecule has 2 atom stereocenters. The summed E-state index contributed by atoms with van der Waals surface area (Å²) in [7, 11) is 0. The van der Waals surface area contributed by atoms with Crippen molar-refractivity contribution in [3.8, 4) is 11.1 Å². The normalized spacial score (nSPS) is 14.1. The summed E-state index contributed by atoms with van der Waals surface area (Å²) in [6.07, 6.45) is 0.928. The minimum Gasteiger partial charge on any atom is -0.481 e. The van der Waals surface area contributed by atoms with Crippen molar-refractivity contribution in [2.24, 2.45) is 17.8 Å². The van der Waals surface area contributed by atoms with E-state index in [1.165, 1.54) is 11.1 Å². The molecule has 1 aliphatic rings. The minimum atomic E-state index is -0.913. The Kier molecular flexibility index (Phi) is 9.29. The fourth-order valence-corrected chi connectivity index (χ4v) is 4.76. The van der Waals surface area contributed by atoms with Crippen LogP contribution < -0.4 is 10.6 Å². The first-order valence-corrected chi connectivity index (χ1v) is 12.4. The number of amides is 2. The van der Waals surface area contributed by atoms with Crippen LogP contribution in [-0.4, -0.2) is 42.8 Å². The van der Waals surface area contributed by atoms with Crippen LogP contribution in [0.25, 0.3) is 11.1 Å². The van der Waals surface area contributed by atoms with E-state index >= 15 is 0 Å². The molecule has 3 N–H and O–H groups in total. The maximum Gasteiger partial charge on any atom is 0.407 e. The van der Waals surface area contributed by atoms with Gasteiger partial charge in [-0.05, 0) is 46.9 Å². The summed E-state index contributed by atoms with van der Waals surface area (Å²) >= 11 is 0. The predicted molar refractivity (Wildman–Crippen MR) is 135 cm³/mol. The lowest BCUT2D eigenvalue weighted by Crippen LogP contribution is -2.36. The number of rotatable bonds is 12. The molecule has 3 rings (SSSR count). The molecule has 0 bridgehead atoms. The largest absolute Gasteiger partial charge is 0.481 e. The van der Waals surface area contributed by atoms with Crippen molar-refractivity contribution >= 4 is 18.0 Å². The molecule has 0 radical (unpaired) electrons. The van der Waals surface area contributed by atoms with Gasteiger partial charge in [-0.3, -0.25) is 9.59 Å². The van der Waals surface area contributed by atoms with Crippen LogP contribution in [0.4, 0.5) is 4.79 Å². The topological polar surface area (TPSA) is 105 Å². The number of ether oxygens (including phenoxy) is 1. The molecule has 0 aliphatic heterocycles. The molecule has 2 aromatic carbocycles. The highest BCUT2D eigenvalue weighted by Crippen LogP contribution is 2.44. The third-order valence-corrected chi connectivity index (χ3v) is 6.55. The summed E-state index contributed by atoms with van der Waals surface area (Å²) in [6.45, 7) is 6.58. The molecular weight excluding hydrogens is 444 g/mol. The van der Waals surface area contributed by atoms with E-state index in [0.29, 0.717) is 18.9 Å². The lowest BCUT2D eigenvalue weighted by atomic mass is 9.93. The molecular formula is C28H36N2O5. The van der Waals surface area contributed by atoms with Crippen molar-refractivity contribution in [1.82, 2.24) is 10.6 Å². The number of carbonyl (C=O) groups is 3. The third kappa shape index (κ3) is 7.07. The third-order valence-electron chi connectivity index (χ3n) is 6.55. The van der Waals surface area contributed by atoms with Crippen molar-refractivity contribution in [3.63, 3.8) is 0 Å². The Bertz CT molecular complexity index is 990. The van der Waals surface area contributed by atoms with E-state index in [-0.39, 0.29) is 37.3 Å². The summed E-state index contributed by atoms with van der Waals surface area (Å²) in [6, 6.07) is 16.4. The highest BCUT2D eigenvalue weighted by molar-refractivity contribution is 5.79. The van der Waals surface area contributed by atoms with Crippen LogP contribution in [0, 0.1) is 17.8 Å². The number of carboxylic acids is 1. The smallest absolute Gasteiger partial charge is 0.407 e. The van der Waals surface area contributed by atoms with Crippen LogP contribution in [0.15, 0.2) is 48.5 Å². The Labute approximate surface area is 207 Å². The van der Waals surface area contributed by atoms with Crippen LogP contribution >= 0.6 is 0 Å². The summed E-state index contributed by atoms with van der Waals surface area (Å²) < 4.78 is 5.60. The quantitative estimate of drug-likeness (QED) is 0.405. The highest BCUT2D eigenvalue weighted by atomic mass is 16.5. The molecule has 0 saturated heterocycles. The number of fused-ring (bicyclic) bond motifs is 3. The number of benzene rings is 2. The Morgan fingerprint density at radius 2 is 1.54 bits per heavy atom. The highest BCUT2D eigenvalue weighted by Gasteiger charge is 2.29. The fraction of sp³-hybridized carbons (Fsp3) is 0.464. The first-order valence-electron chi connectivity index (χ1n) is 12.4. The van der Waals surface area contributed by atoms with Crippen molar-refractivity contribution in [1.29, 1.82) is 0 Å². The van der Waals surface area contributed by atoms with Gasteiger partial charge in [0.05, 0.1) is 5.92 Å². The molecule has 2 aromatic rings. The zero-order chi connectivity index (χ0) is 25.4. The van der Waals surface area contributed by atoms with E-state index in [1.807, 2.05) is 24.3 Å². The maximum absolute atomic E-state index is 12.5. The summed E-state index contributed by atoms with van der Waals surface area (Å²) in [4.78, 5) is 36.1. The first kappa shape index (κ1) is 26.3.